The van der Waals surface area contributed by atoms with E-state index in [-0.39, 0.29) is 30.1 Å². The molecule has 2 heterocycles. The minimum atomic E-state index is -0.700. The highest BCUT2D eigenvalue weighted by atomic mass is 35.5. The number of carbonyl (C=O) groups is 2. The smallest absolute Gasteiger partial charge is 0.315 e. The number of nitrogens with zero attached hydrogens (tertiary/aromatic N) is 1. The topological polar surface area (TPSA) is 74.2 Å². The van der Waals surface area contributed by atoms with Crippen molar-refractivity contribution < 1.29 is 23.8 Å². The molecule has 1 unspecified atom stereocenters. The molecular weight excluding hydrogens is 442 g/mol. The van der Waals surface area contributed by atoms with E-state index >= 15 is 0 Å². The molecule has 0 radical (unpaired) electrons. The number of aliphatic imine (C=N–C) groups is 1. The average Bonchev–Trinajstić information content (AvgIpc) is 3.19. The summed E-state index contributed by atoms with van der Waals surface area (Å²) >= 11 is 6.72. The third-order valence-electron chi connectivity index (χ3n) is 7.22. The minimum Gasteiger partial charge on any atom is -0.462 e. The van der Waals surface area contributed by atoms with E-state index in [0.717, 1.165) is 31.4 Å². The van der Waals surface area contributed by atoms with Crippen molar-refractivity contribution in [1.82, 2.24) is 0 Å². The molecule has 0 aromatic heterocycles. The van der Waals surface area contributed by atoms with E-state index < -0.39 is 11.8 Å². The predicted octanol–water partition coefficient (Wildman–Crippen LogP) is 5.76. The summed E-state index contributed by atoms with van der Waals surface area (Å²) in [7, 11) is 0. The molecular formula is C26H30ClNO5. The summed E-state index contributed by atoms with van der Waals surface area (Å²) in [5.41, 5.74) is 2.51. The summed E-state index contributed by atoms with van der Waals surface area (Å²) in [6.07, 6.45) is 6.07. The molecule has 2 aliphatic heterocycles. The maximum absolute atomic E-state index is 13.6. The number of benzene rings is 1. The van der Waals surface area contributed by atoms with Gasteiger partial charge in [-0.1, -0.05) is 31.9 Å². The van der Waals surface area contributed by atoms with Crippen LogP contribution in [0.1, 0.15) is 77.2 Å². The first-order chi connectivity index (χ1) is 15.7. The van der Waals surface area contributed by atoms with Crippen LogP contribution < -0.4 is 9.47 Å². The number of ketones is 1. The van der Waals surface area contributed by atoms with Crippen molar-refractivity contribution in [3.8, 4) is 11.5 Å². The number of halogens is 1. The second kappa shape index (κ2) is 8.46. The standard InChI is InChI=1S/C26H30ClNO5/c1-14-22(25(30)33-15-7-5-4-6-8-15)23(16-9-20-21(10-17(16)27)32-13-31-20)24-18(28-14)11-26(2,3)12-19(24)29/h9-10,15,22-23H,4-8,11-13H2,1-3H3/t22?,23-/m1/s1. The van der Waals surface area contributed by atoms with Gasteiger partial charge in [-0.25, -0.2) is 0 Å². The number of carbonyl (C=O) groups excluding carboxylic acids is 2. The van der Waals surface area contributed by atoms with Crippen molar-refractivity contribution in [2.75, 3.05) is 6.79 Å². The summed E-state index contributed by atoms with van der Waals surface area (Å²) in [5, 5.41) is 0.443. The second-order valence-corrected chi connectivity index (χ2v) is 10.8. The quantitative estimate of drug-likeness (QED) is 0.524. The highest BCUT2D eigenvalue weighted by Crippen LogP contribution is 2.51. The number of hydrogen-bond acceptors (Lipinski definition) is 6. The molecule has 0 N–H and O–H groups in total. The highest BCUT2D eigenvalue weighted by molar-refractivity contribution is 6.32. The van der Waals surface area contributed by atoms with Gasteiger partial charge in [0.1, 0.15) is 12.0 Å². The molecule has 1 aromatic carbocycles. The van der Waals surface area contributed by atoms with Gasteiger partial charge in [0, 0.05) is 40.4 Å². The fourth-order valence-electron chi connectivity index (χ4n) is 5.68. The van der Waals surface area contributed by atoms with Crippen LogP contribution in [0.25, 0.3) is 0 Å². The van der Waals surface area contributed by atoms with Crippen LogP contribution in [0.15, 0.2) is 28.4 Å². The molecule has 7 heteroatoms. The van der Waals surface area contributed by atoms with Crippen molar-refractivity contribution in [1.29, 1.82) is 0 Å². The van der Waals surface area contributed by atoms with Crippen LogP contribution in [0.4, 0.5) is 0 Å². The molecule has 1 aromatic rings. The molecule has 0 spiro atoms. The Bertz CT molecular complexity index is 1070. The molecule has 0 bridgehead atoms. The predicted molar refractivity (Wildman–Crippen MR) is 125 cm³/mol. The fraction of sp³-hybridized carbons (Fsp3) is 0.577. The molecule has 33 heavy (non-hydrogen) atoms. The third-order valence-corrected chi connectivity index (χ3v) is 7.55. The van der Waals surface area contributed by atoms with Crippen molar-refractivity contribution >= 4 is 29.1 Å². The Balaban J connectivity index is 1.60. The van der Waals surface area contributed by atoms with Gasteiger partial charge in [0.15, 0.2) is 17.3 Å². The minimum absolute atomic E-state index is 0.0201. The number of fused-ring (bicyclic) bond motifs is 1. The van der Waals surface area contributed by atoms with Crippen LogP contribution in [-0.2, 0) is 14.3 Å². The van der Waals surface area contributed by atoms with E-state index in [1.165, 1.54) is 6.42 Å². The number of Topliss-reactive ketones (excluding diaryl/α,β-unsaturated/α-hetero) is 1. The van der Waals surface area contributed by atoms with E-state index in [9.17, 15) is 9.59 Å². The van der Waals surface area contributed by atoms with Gasteiger partial charge in [-0.3, -0.25) is 14.6 Å². The zero-order valence-corrected chi connectivity index (χ0v) is 20.2. The number of esters is 1. The lowest BCUT2D eigenvalue weighted by atomic mass is 9.67. The van der Waals surface area contributed by atoms with Gasteiger partial charge in [0.2, 0.25) is 6.79 Å². The van der Waals surface area contributed by atoms with Gasteiger partial charge in [-0.2, -0.15) is 0 Å². The van der Waals surface area contributed by atoms with E-state index in [2.05, 4.69) is 13.8 Å². The lowest BCUT2D eigenvalue weighted by Gasteiger charge is -2.39. The maximum Gasteiger partial charge on any atom is 0.315 e. The SMILES string of the molecule is CC1=NC2=C(C(=O)CC(C)(C)C2)[C@H](c2cc3c(cc2Cl)OCO3)C1C(=O)OC1CCCCC1. The monoisotopic (exact) mass is 471 g/mol. The van der Waals surface area contributed by atoms with Gasteiger partial charge in [-0.05, 0) is 56.1 Å². The van der Waals surface area contributed by atoms with Crippen molar-refractivity contribution in [3.05, 3.63) is 34.0 Å². The first-order valence-electron chi connectivity index (χ1n) is 11.8. The van der Waals surface area contributed by atoms with E-state index in [1.807, 2.05) is 13.0 Å². The number of allylic oxidation sites excluding steroid dienone is 2. The summed E-state index contributed by atoms with van der Waals surface area (Å²) in [4.78, 5) is 31.8. The van der Waals surface area contributed by atoms with Crippen molar-refractivity contribution in [2.24, 2.45) is 16.3 Å². The van der Waals surface area contributed by atoms with Crippen molar-refractivity contribution in [3.63, 3.8) is 0 Å². The molecule has 1 saturated carbocycles. The molecule has 1 fully saturated rings. The molecule has 0 saturated heterocycles. The van der Waals surface area contributed by atoms with Crippen molar-refractivity contribution in [2.45, 2.75) is 77.7 Å². The van der Waals surface area contributed by atoms with Gasteiger partial charge < -0.3 is 14.2 Å². The Hall–Kier alpha value is -2.34. The molecule has 6 nitrogen and oxygen atoms in total. The maximum atomic E-state index is 13.6. The summed E-state index contributed by atoms with van der Waals surface area (Å²) < 4.78 is 17.1. The van der Waals surface area contributed by atoms with Crippen LogP contribution in [0.5, 0.6) is 11.5 Å². The summed E-state index contributed by atoms with van der Waals surface area (Å²) in [5.74, 6) is -0.429. The fourth-order valence-corrected chi connectivity index (χ4v) is 5.95. The Morgan fingerprint density at radius 1 is 1.12 bits per heavy atom. The van der Waals surface area contributed by atoms with Gasteiger partial charge in [0.05, 0.1) is 0 Å². The largest absolute Gasteiger partial charge is 0.462 e. The summed E-state index contributed by atoms with van der Waals surface area (Å²) in [6, 6.07) is 3.52. The number of hydrogen-bond donors (Lipinski definition) is 0. The lowest BCUT2D eigenvalue weighted by Crippen LogP contribution is -2.40. The van der Waals surface area contributed by atoms with Gasteiger partial charge in [-0.15, -0.1) is 0 Å². The first-order valence-corrected chi connectivity index (χ1v) is 12.2. The van der Waals surface area contributed by atoms with Crippen LogP contribution in [0, 0.1) is 11.3 Å². The van der Waals surface area contributed by atoms with Crippen LogP contribution in [0.2, 0.25) is 5.02 Å². The normalized spacial score (nSPS) is 26.7. The summed E-state index contributed by atoms with van der Waals surface area (Å²) in [6.45, 7) is 6.13. The zero-order valence-electron chi connectivity index (χ0n) is 19.4. The number of rotatable bonds is 3. The molecule has 2 aliphatic carbocycles. The van der Waals surface area contributed by atoms with Crippen LogP contribution in [0.3, 0.4) is 0 Å². The number of ether oxygens (including phenoxy) is 3. The van der Waals surface area contributed by atoms with Gasteiger partial charge >= 0.3 is 5.97 Å². The second-order valence-electron chi connectivity index (χ2n) is 10.4. The Morgan fingerprint density at radius 2 is 1.82 bits per heavy atom. The lowest BCUT2D eigenvalue weighted by molar-refractivity contribution is -0.153. The van der Waals surface area contributed by atoms with E-state index in [4.69, 9.17) is 30.8 Å². The van der Waals surface area contributed by atoms with E-state index in [0.29, 0.717) is 46.2 Å². The van der Waals surface area contributed by atoms with E-state index in [1.54, 1.807) is 6.07 Å². The first kappa shape index (κ1) is 22.5. The average molecular weight is 472 g/mol. The molecule has 4 aliphatic rings. The van der Waals surface area contributed by atoms with Gasteiger partial charge in [0.25, 0.3) is 0 Å². The molecule has 176 valence electrons. The zero-order chi connectivity index (χ0) is 23.3. The molecule has 2 atom stereocenters. The Labute approximate surface area is 199 Å². The Morgan fingerprint density at radius 3 is 2.55 bits per heavy atom. The molecule has 0 amide bonds. The highest BCUT2D eigenvalue weighted by Gasteiger charge is 2.47. The third kappa shape index (κ3) is 4.18. The van der Waals surface area contributed by atoms with Crippen LogP contribution in [-0.4, -0.2) is 30.4 Å². The van der Waals surface area contributed by atoms with Crippen LogP contribution >= 0.6 is 11.6 Å². The molecule has 5 rings (SSSR count). The Kier molecular flexibility index (Phi) is 5.76.